The quantitative estimate of drug-likeness (QED) is 0.813. The topological polar surface area (TPSA) is 82.2 Å². The van der Waals surface area contributed by atoms with Crippen LogP contribution in [0, 0.1) is 13.8 Å². The van der Waals surface area contributed by atoms with Crippen molar-refractivity contribution in [3.8, 4) is 0 Å². The number of aromatic nitrogens is 2. The van der Waals surface area contributed by atoms with Crippen molar-refractivity contribution in [2.75, 3.05) is 6.54 Å². The molecule has 6 heteroatoms. The molecule has 106 valence electrons. The fourth-order valence-corrected chi connectivity index (χ4v) is 2.43. The van der Waals surface area contributed by atoms with E-state index in [0.717, 1.165) is 29.8 Å². The van der Waals surface area contributed by atoms with Crippen LogP contribution in [-0.4, -0.2) is 34.4 Å². The highest BCUT2D eigenvalue weighted by molar-refractivity contribution is 5.81. The van der Waals surface area contributed by atoms with Crippen LogP contribution in [0.4, 0.5) is 0 Å². The van der Waals surface area contributed by atoms with Crippen molar-refractivity contribution in [1.29, 1.82) is 0 Å². The molecule has 19 heavy (non-hydrogen) atoms. The zero-order valence-electron chi connectivity index (χ0n) is 11.8. The van der Waals surface area contributed by atoms with Crippen molar-refractivity contribution in [2.24, 2.45) is 12.8 Å². The molecule has 0 saturated carbocycles. The Morgan fingerprint density at radius 2 is 2.26 bits per heavy atom. The Labute approximate surface area is 113 Å². The third-order valence-electron chi connectivity index (χ3n) is 3.76. The first-order chi connectivity index (χ1) is 9.02. The van der Waals surface area contributed by atoms with Gasteiger partial charge in [-0.15, -0.1) is 0 Å². The van der Waals surface area contributed by atoms with Gasteiger partial charge in [0.2, 0.25) is 5.91 Å². The van der Waals surface area contributed by atoms with Gasteiger partial charge in [0, 0.05) is 31.4 Å². The first-order valence-electron chi connectivity index (χ1n) is 6.65. The number of hydrogen-bond acceptors (Lipinski definition) is 4. The Morgan fingerprint density at radius 3 is 2.79 bits per heavy atom. The van der Waals surface area contributed by atoms with Crippen molar-refractivity contribution in [3.05, 3.63) is 17.0 Å². The fraction of sp³-hybridized carbons (Fsp3) is 0.692. The molecule has 0 spiro atoms. The lowest BCUT2D eigenvalue weighted by atomic mass is 10.1. The van der Waals surface area contributed by atoms with Gasteiger partial charge in [-0.05, 0) is 26.7 Å². The largest absolute Gasteiger partial charge is 0.364 e. The average Bonchev–Trinajstić information content (AvgIpc) is 2.94. The maximum absolute atomic E-state index is 12.0. The number of nitrogens with zero attached hydrogens (tertiary/aromatic N) is 2. The number of ether oxygens (including phenoxy) is 1. The molecule has 1 aliphatic heterocycles. The van der Waals surface area contributed by atoms with Gasteiger partial charge >= 0.3 is 0 Å². The minimum Gasteiger partial charge on any atom is -0.364 e. The molecule has 0 aliphatic carbocycles. The molecule has 1 aromatic heterocycles. The van der Waals surface area contributed by atoms with Gasteiger partial charge in [0.05, 0.1) is 11.8 Å². The number of carbonyl (C=O) groups is 1. The number of rotatable bonds is 4. The number of nitrogens with two attached hydrogens (primary N) is 1. The molecule has 1 amide bonds. The predicted octanol–water partition coefficient (Wildman–Crippen LogP) is 0.159. The molecule has 6 nitrogen and oxygen atoms in total. The van der Waals surface area contributed by atoms with E-state index in [2.05, 4.69) is 10.4 Å². The van der Waals surface area contributed by atoms with Gasteiger partial charge in [-0.2, -0.15) is 5.10 Å². The van der Waals surface area contributed by atoms with E-state index in [1.807, 2.05) is 25.6 Å². The van der Waals surface area contributed by atoms with Crippen molar-refractivity contribution < 1.29 is 9.53 Å². The second kappa shape index (κ2) is 5.71. The van der Waals surface area contributed by atoms with Crippen LogP contribution in [0.15, 0.2) is 0 Å². The molecule has 0 aromatic carbocycles. The summed E-state index contributed by atoms with van der Waals surface area (Å²) in [5.41, 5.74) is 8.63. The highest BCUT2D eigenvalue weighted by Gasteiger charge is 2.29. The number of amides is 1. The third kappa shape index (κ3) is 2.96. The zero-order valence-corrected chi connectivity index (χ0v) is 11.8. The summed E-state index contributed by atoms with van der Waals surface area (Å²) >= 11 is 0. The van der Waals surface area contributed by atoms with Crippen LogP contribution in [0.5, 0.6) is 0 Å². The van der Waals surface area contributed by atoms with Crippen LogP contribution in [0.1, 0.15) is 29.8 Å². The fourth-order valence-electron chi connectivity index (χ4n) is 2.43. The summed E-state index contributed by atoms with van der Waals surface area (Å²) in [6.45, 7) is 4.92. The molecular formula is C13H22N4O2. The van der Waals surface area contributed by atoms with Crippen LogP contribution < -0.4 is 11.1 Å². The lowest BCUT2D eigenvalue weighted by Gasteiger charge is -2.12. The van der Waals surface area contributed by atoms with Gasteiger partial charge in [-0.1, -0.05) is 0 Å². The van der Waals surface area contributed by atoms with E-state index in [1.54, 1.807) is 0 Å². The molecular weight excluding hydrogens is 244 g/mol. The first kappa shape index (κ1) is 14.0. The van der Waals surface area contributed by atoms with Gasteiger partial charge in [-0.25, -0.2) is 0 Å². The summed E-state index contributed by atoms with van der Waals surface area (Å²) in [4.78, 5) is 12.0. The van der Waals surface area contributed by atoms with E-state index < -0.39 is 0 Å². The maximum atomic E-state index is 12.0. The van der Waals surface area contributed by atoms with E-state index >= 15 is 0 Å². The van der Waals surface area contributed by atoms with E-state index in [0.29, 0.717) is 13.1 Å². The van der Waals surface area contributed by atoms with Crippen LogP contribution >= 0.6 is 0 Å². The predicted molar refractivity (Wildman–Crippen MR) is 71.5 cm³/mol. The molecule has 2 rings (SSSR count). The van der Waals surface area contributed by atoms with Gasteiger partial charge in [-0.3, -0.25) is 9.48 Å². The van der Waals surface area contributed by atoms with E-state index in [1.165, 1.54) is 0 Å². The molecule has 3 N–H and O–H groups in total. The standard InChI is InChI=1S/C13H22N4O2/c1-8-11(9(2)17(3)16-8)7-15-13(18)12-5-4-10(6-14)19-12/h10,12H,4-7,14H2,1-3H3,(H,15,18)/t10-,12+/m1/s1. The normalized spacial score (nSPS) is 22.7. The Morgan fingerprint density at radius 1 is 1.53 bits per heavy atom. The Hall–Kier alpha value is -1.40. The molecule has 1 aromatic rings. The Bertz CT molecular complexity index is 469. The third-order valence-corrected chi connectivity index (χ3v) is 3.76. The molecule has 1 fully saturated rings. The lowest BCUT2D eigenvalue weighted by Crippen LogP contribution is -2.35. The number of aryl methyl sites for hydroxylation is 2. The second-order valence-electron chi connectivity index (χ2n) is 5.05. The minimum atomic E-state index is -0.356. The van der Waals surface area contributed by atoms with Gasteiger partial charge < -0.3 is 15.8 Å². The minimum absolute atomic E-state index is 0.0256. The highest BCUT2D eigenvalue weighted by Crippen LogP contribution is 2.19. The van der Waals surface area contributed by atoms with E-state index in [9.17, 15) is 4.79 Å². The van der Waals surface area contributed by atoms with Crippen LogP contribution in [0.3, 0.4) is 0 Å². The SMILES string of the molecule is Cc1nn(C)c(C)c1CNC(=O)[C@@H]1CC[C@H](CN)O1. The molecule has 2 atom stereocenters. The van der Waals surface area contributed by atoms with Crippen molar-refractivity contribution in [1.82, 2.24) is 15.1 Å². The molecule has 0 radical (unpaired) electrons. The Kier molecular flexibility index (Phi) is 4.21. The maximum Gasteiger partial charge on any atom is 0.249 e. The van der Waals surface area contributed by atoms with Gasteiger partial charge in [0.1, 0.15) is 6.10 Å². The second-order valence-corrected chi connectivity index (χ2v) is 5.05. The van der Waals surface area contributed by atoms with Crippen molar-refractivity contribution in [3.63, 3.8) is 0 Å². The molecule has 0 unspecified atom stereocenters. The summed E-state index contributed by atoms with van der Waals surface area (Å²) in [6, 6.07) is 0. The number of carbonyl (C=O) groups excluding carboxylic acids is 1. The summed E-state index contributed by atoms with van der Waals surface area (Å²) in [5, 5.41) is 7.25. The summed E-state index contributed by atoms with van der Waals surface area (Å²) in [5.74, 6) is -0.0568. The summed E-state index contributed by atoms with van der Waals surface area (Å²) in [7, 11) is 1.90. The van der Waals surface area contributed by atoms with Crippen LogP contribution in [0.25, 0.3) is 0 Å². The highest BCUT2D eigenvalue weighted by atomic mass is 16.5. The zero-order chi connectivity index (χ0) is 14.0. The molecule has 1 aliphatic rings. The van der Waals surface area contributed by atoms with E-state index in [-0.39, 0.29) is 18.1 Å². The number of nitrogens with one attached hydrogen (secondary N) is 1. The first-order valence-corrected chi connectivity index (χ1v) is 6.65. The van der Waals surface area contributed by atoms with E-state index in [4.69, 9.17) is 10.5 Å². The smallest absolute Gasteiger partial charge is 0.249 e. The van der Waals surface area contributed by atoms with Crippen molar-refractivity contribution in [2.45, 2.75) is 45.4 Å². The van der Waals surface area contributed by atoms with Crippen LogP contribution in [-0.2, 0) is 23.1 Å². The van der Waals surface area contributed by atoms with Crippen molar-refractivity contribution >= 4 is 5.91 Å². The average molecular weight is 266 g/mol. The monoisotopic (exact) mass is 266 g/mol. The molecule has 2 heterocycles. The van der Waals surface area contributed by atoms with Gasteiger partial charge in [0.25, 0.3) is 0 Å². The lowest BCUT2D eigenvalue weighted by molar-refractivity contribution is -0.132. The van der Waals surface area contributed by atoms with Gasteiger partial charge in [0.15, 0.2) is 0 Å². The summed E-state index contributed by atoms with van der Waals surface area (Å²) < 4.78 is 7.40. The Balaban J connectivity index is 1.90. The van der Waals surface area contributed by atoms with Crippen LogP contribution in [0.2, 0.25) is 0 Å². The summed E-state index contributed by atoms with van der Waals surface area (Å²) in [6.07, 6.45) is 1.28. The number of hydrogen-bond donors (Lipinski definition) is 2. The molecule has 1 saturated heterocycles. The molecule has 0 bridgehead atoms.